The van der Waals surface area contributed by atoms with Crippen LogP contribution in [-0.2, 0) is 19.9 Å². The van der Waals surface area contributed by atoms with Crippen molar-refractivity contribution in [3.8, 4) is 11.3 Å². The molecule has 0 aromatic carbocycles. The number of hydrogen-bond donors (Lipinski definition) is 0. The van der Waals surface area contributed by atoms with Gasteiger partial charge in [0, 0.05) is 24.9 Å². The van der Waals surface area contributed by atoms with Gasteiger partial charge in [-0.3, -0.25) is 4.57 Å². The monoisotopic (exact) mass is 295 g/mol. The van der Waals surface area contributed by atoms with Crippen LogP contribution in [0.2, 0.25) is 0 Å². The van der Waals surface area contributed by atoms with Gasteiger partial charge in [-0.2, -0.15) is 0 Å². The van der Waals surface area contributed by atoms with E-state index >= 15 is 0 Å². The average Bonchev–Trinajstić information content (AvgIpc) is 2.49. The highest BCUT2D eigenvalue weighted by Crippen LogP contribution is 2.46. The Balaban J connectivity index is 2.15. The molecule has 0 saturated heterocycles. The molecule has 8 heteroatoms. The minimum absolute atomic E-state index is 0.0708. The summed E-state index contributed by atoms with van der Waals surface area (Å²) < 4.78 is 23.8. The molecule has 2 rings (SSSR count). The second-order valence-electron chi connectivity index (χ2n) is 3.90. The van der Waals surface area contributed by atoms with Crippen LogP contribution in [0.5, 0.6) is 0 Å². The van der Waals surface area contributed by atoms with Gasteiger partial charge in [-0.05, 0) is 18.1 Å². The van der Waals surface area contributed by atoms with Gasteiger partial charge in [-0.25, -0.2) is 9.97 Å². The van der Waals surface area contributed by atoms with E-state index in [2.05, 4.69) is 15.1 Å². The zero-order valence-electron chi connectivity index (χ0n) is 11.3. The third-order valence-electron chi connectivity index (χ3n) is 2.57. The molecule has 20 heavy (non-hydrogen) atoms. The fraction of sp³-hybridized carbons (Fsp3) is 0.333. The molecule has 0 aliphatic carbocycles. The molecule has 0 amide bonds. The minimum atomic E-state index is -3.13. The van der Waals surface area contributed by atoms with Crippen LogP contribution in [0.15, 0.2) is 37.1 Å². The molecular formula is C12H16N4O3P+. The van der Waals surface area contributed by atoms with Crippen LogP contribution in [0.3, 0.4) is 0 Å². The third-order valence-corrected chi connectivity index (χ3v) is 4.42. The van der Waals surface area contributed by atoms with E-state index in [0.29, 0.717) is 6.61 Å². The highest BCUT2D eigenvalue weighted by atomic mass is 31.2. The normalized spacial score (nSPS) is 13.9. The van der Waals surface area contributed by atoms with Gasteiger partial charge in [0.05, 0.1) is 12.3 Å². The lowest BCUT2D eigenvalue weighted by atomic mass is 10.2. The first-order valence-electron chi connectivity index (χ1n) is 6.08. The lowest BCUT2D eigenvalue weighted by Gasteiger charge is -2.10. The molecule has 0 spiro atoms. The quantitative estimate of drug-likeness (QED) is 0.596. The van der Waals surface area contributed by atoms with Crippen molar-refractivity contribution < 1.29 is 18.3 Å². The Bertz CT molecular complexity index is 591. The molecule has 2 aromatic heterocycles. The van der Waals surface area contributed by atoms with E-state index in [9.17, 15) is 4.57 Å². The Morgan fingerprint density at radius 2 is 2.25 bits per heavy atom. The molecule has 2 aromatic rings. The molecule has 0 fully saturated rings. The molecule has 1 atom stereocenters. The van der Waals surface area contributed by atoms with Crippen molar-refractivity contribution in [2.75, 3.05) is 13.7 Å². The van der Waals surface area contributed by atoms with Crippen LogP contribution in [0.4, 0.5) is 0 Å². The molecule has 0 radical (unpaired) electrons. The fourth-order valence-electron chi connectivity index (χ4n) is 1.61. The summed E-state index contributed by atoms with van der Waals surface area (Å²) in [6.45, 7) is 2.09. The van der Waals surface area contributed by atoms with E-state index < -0.39 is 7.60 Å². The average molecular weight is 295 g/mol. The zero-order valence-corrected chi connectivity index (χ0v) is 12.2. The van der Waals surface area contributed by atoms with Gasteiger partial charge >= 0.3 is 7.60 Å². The molecule has 0 bridgehead atoms. The molecule has 1 unspecified atom stereocenters. The zero-order chi connectivity index (χ0) is 14.4. The van der Waals surface area contributed by atoms with Crippen molar-refractivity contribution in [3.05, 3.63) is 37.1 Å². The predicted molar refractivity (Wildman–Crippen MR) is 71.7 cm³/mol. The smallest absolute Gasteiger partial charge is 0.307 e. The van der Waals surface area contributed by atoms with Crippen molar-refractivity contribution in [3.63, 3.8) is 0 Å². The van der Waals surface area contributed by atoms with Crippen LogP contribution < -0.4 is 4.68 Å². The molecule has 0 aliphatic heterocycles. The van der Waals surface area contributed by atoms with Crippen LogP contribution >= 0.6 is 7.60 Å². The molecule has 106 valence electrons. The van der Waals surface area contributed by atoms with Gasteiger partial charge in [0.1, 0.15) is 12.5 Å². The Hall–Kier alpha value is -1.69. The molecule has 0 saturated carbocycles. The summed E-state index contributed by atoms with van der Waals surface area (Å²) in [5, 5.41) is 4.19. The van der Waals surface area contributed by atoms with E-state index in [4.69, 9.17) is 9.05 Å². The molecule has 0 aliphatic rings. The van der Waals surface area contributed by atoms with Crippen LogP contribution in [0.25, 0.3) is 11.3 Å². The minimum Gasteiger partial charge on any atom is -0.307 e. The van der Waals surface area contributed by atoms with Crippen LogP contribution in [0.1, 0.15) is 6.92 Å². The first kappa shape index (κ1) is 14.7. The maximum absolute atomic E-state index is 12.2. The highest BCUT2D eigenvalue weighted by molar-refractivity contribution is 7.52. The SMILES string of the molecule is CCOP(=O)(C[n+]1ccc(-c2ccncn2)cn1)OC. The first-order chi connectivity index (χ1) is 9.67. The second kappa shape index (κ2) is 6.65. The van der Waals surface area contributed by atoms with Gasteiger partial charge in [0.2, 0.25) is 0 Å². The summed E-state index contributed by atoms with van der Waals surface area (Å²) in [6.07, 6.45) is 6.57. The number of nitrogens with zero attached hydrogens (tertiary/aromatic N) is 4. The van der Waals surface area contributed by atoms with Crippen LogP contribution in [-0.4, -0.2) is 28.8 Å². The van der Waals surface area contributed by atoms with Gasteiger partial charge < -0.3 is 9.05 Å². The van der Waals surface area contributed by atoms with Crippen molar-refractivity contribution in [1.82, 2.24) is 15.1 Å². The van der Waals surface area contributed by atoms with E-state index in [1.54, 1.807) is 31.6 Å². The summed E-state index contributed by atoms with van der Waals surface area (Å²) in [6, 6.07) is 3.63. The Labute approximate surface area is 117 Å². The van der Waals surface area contributed by atoms with Gasteiger partial charge in [-0.15, -0.1) is 0 Å². The van der Waals surface area contributed by atoms with Crippen LogP contribution in [0, 0.1) is 0 Å². The highest BCUT2D eigenvalue weighted by Gasteiger charge is 2.29. The Morgan fingerprint density at radius 3 is 2.80 bits per heavy atom. The van der Waals surface area contributed by atoms with Crippen molar-refractivity contribution in [2.24, 2.45) is 0 Å². The van der Waals surface area contributed by atoms with E-state index in [0.717, 1.165) is 11.3 Å². The van der Waals surface area contributed by atoms with Gasteiger partial charge in [0.25, 0.3) is 6.29 Å². The van der Waals surface area contributed by atoms with Gasteiger partial charge in [0.15, 0.2) is 6.20 Å². The van der Waals surface area contributed by atoms with Crippen molar-refractivity contribution in [2.45, 2.75) is 13.2 Å². The Kier molecular flexibility index (Phi) is 4.89. The summed E-state index contributed by atoms with van der Waals surface area (Å²) in [7, 11) is -1.77. The standard InChI is InChI=1S/C12H16N4O3P/c1-3-19-20(17,18-2)10-16-7-5-11(8-15-16)12-4-6-13-9-14-12/h4-9H,3,10H2,1-2H3/q+1. The largest absolute Gasteiger partial charge is 0.397 e. The Morgan fingerprint density at radius 1 is 1.40 bits per heavy atom. The third kappa shape index (κ3) is 3.66. The maximum Gasteiger partial charge on any atom is 0.397 e. The van der Waals surface area contributed by atoms with E-state index in [1.807, 2.05) is 6.07 Å². The lowest BCUT2D eigenvalue weighted by Crippen LogP contribution is -2.37. The number of rotatable bonds is 6. The van der Waals surface area contributed by atoms with Crippen molar-refractivity contribution in [1.29, 1.82) is 0 Å². The summed E-state index contributed by atoms with van der Waals surface area (Å²) in [4.78, 5) is 8.00. The first-order valence-corrected chi connectivity index (χ1v) is 7.81. The number of aromatic nitrogens is 4. The molecule has 0 N–H and O–H groups in total. The molecule has 7 nitrogen and oxygen atoms in total. The maximum atomic E-state index is 12.2. The van der Waals surface area contributed by atoms with E-state index in [1.165, 1.54) is 18.1 Å². The summed E-state index contributed by atoms with van der Waals surface area (Å²) in [5.41, 5.74) is 1.63. The number of hydrogen-bond acceptors (Lipinski definition) is 6. The second-order valence-corrected chi connectivity index (χ2v) is 6.03. The summed E-state index contributed by atoms with van der Waals surface area (Å²) >= 11 is 0. The molecular weight excluding hydrogens is 279 g/mol. The van der Waals surface area contributed by atoms with Gasteiger partial charge in [-0.1, -0.05) is 4.68 Å². The predicted octanol–water partition coefficient (Wildman–Crippen LogP) is 1.66. The topological polar surface area (TPSA) is 78.1 Å². The lowest BCUT2D eigenvalue weighted by molar-refractivity contribution is -0.738. The molecule has 2 heterocycles. The van der Waals surface area contributed by atoms with Crippen molar-refractivity contribution >= 4 is 7.60 Å². The fourth-order valence-corrected chi connectivity index (χ4v) is 2.82. The van der Waals surface area contributed by atoms with E-state index in [-0.39, 0.29) is 6.29 Å². The summed E-state index contributed by atoms with van der Waals surface area (Å²) in [5.74, 6) is 0.